The summed E-state index contributed by atoms with van der Waals surface area (Å²) in [5.41, 5.74) is 1.47. The number of aliphatic hydroxyl groups is 1. The van der Waals surface area contributed by atoms with E-state index in [0.717, 1.165) is 5.52 Å². The van der Waals surface area contributed by atoms with Gasteiger partial charge in [0, 0.05) is 47.4 Å². The van der Waals surface area contributed by atoms with Crippen molar-refractivity contribution in [1.29, 1.82) is 0 Å². The van der Waals surface area contributed by atoms with E-state index in [4.69, 9.17) is 11.6 Å². The Morgan fingerprint density at radius 3 is 2.58 bits per heavy atom. The van der Waals surface area contributed by atoms with Crippen LogP contribution in [0.15, 0.2) is 23.1 Å². The number of benzene rings is 1. The maximum atomic E-state index is 12.0. The number of aliphatic hydroxyl groups excluding tert-OH is 1. The van der Waals surface area contributed by atoms with Crippen molar-refractivity contribution in [2.75, 3.05) is 12.9 Å². The fraction of sp³-hybridized carbons (Fsp3) is 0.385. The highest BCUT2D eigenvalue weighted by Gasteiger charge is 2.23. The molecule has 0 aliphatic rings. The zero-order valence-corrected chi connectivity index (χ0v) is 12.4. The summed E-state index contributed by atoms with van der Waals surface area (Å²) in [5, 5.41) is 10.3. The average molecular weight is 302 g/mol. The number of rotatable bonds is 4. The van der Waals surface area contributed by atoms with Crippen LogP contribution in [0, 0.1) is 0 Å². The first-order valence-corrected chi connectivity index (χ1v) is 8.28. The summed E-state index contributed by atoms with van der Waals surface area (Å²) in [5.74, 6) is 0. The van der Waals surface area contributed by atoms with E-state index in [2.05, 4.69) is 0 Å². The lowest BCUT2D eigenvalue weighted by Gasteiger charge is -2.07. The molecule has 104 valence electrons. The summed E-state index contributed by atoms with van der Waals surface area (Å²) in [7, 11) is -3.38. The van der Waals surface area contributed by atoms with Crippen LogP contribution >= 0.6 is 11.6 Å². The fourth-order valence-electron chi connectivity index (χ4n) is 2.48. The predicted molar refractivity (Wildman–Crippen MR) is 76.5 cm³/mol. The minimum atomic E-state index is -3.38. The number of aromatic nitrogens is 1. The third-order valence-electron chi connectivity index (χ3n) is 3.12. The Bertz CT molecular complexity index is 719. The number of halogens is 1. The topological polar surface area (TPSA) is 59.3 Å². The summed E-state index contributed by atoms with van der Waals surface area (Å²) in [6.07, 6.45) is 1.49. The Morgan fingerprint density at radius 1 is 1.37 bits per heavy atom. The van der Waals surface area contributed by atoms with Gasteiger partial charge in [-0.25, -0.2) is 8.42 Å². The Hall–Kier alpha value is -1.04. The molecule has 0 radical (unpaired) electrons. The van der Waals surface area contributed by atoms with E-state index in [9.17, 15) is 13.5 Å². The second-order valence-electron chi connectivity index (χ2n) is 4.43. The number of sulfone groups is 1. The van der Waals surface area contributed by atoms with Crippen molar-refractivity contribution >= 4 is 32.3 Å². The van der Waals surface area contributed by atoms with Gasteiger partial charge in [-0.3, -0.25) is 0 Å². The Labute approximate surface area is 117 Å². The summed E-state index contributed by atoms with van der Waals surface area (Å²) in [6.45, 7) is 2.50. The first kappa shape index (κ1) is 14.4. The van der Waals surface area contributed by atoms with Crippen LogP contribution in [-0.4, -0.2) is 31.0 Å². The van der Waals surface area contributed by atoms with Gasteiger partial charge in [0.05, 0.1) is 4.90 Å². The van der Waals surface area contributed by atoms with E-state index in [0.29, 0.717) is 29.1 Å². The highest BCUT2D eigenvalue weighted by molar-refractivity contribution is 7.91. The van der Waals surface area contributed by atoms with Gasteiger partial charge in [-0.2, -0.15) is 0 Å². The summed E-state index contributed by atoms with van der Waals surface area (Å²) >= 11 is 5.97. The number of fused-ring (bicyclic) bond motifs is 1. The maximum Gasteiger partial charge on any atom is 0.177 e. The zero-order chi connectivity index (χ0) is 14.2. The number of aryl methyl sites for hydroxylation is 1. The minimum absolute atomic E-state index is 0.0907. The molecule has 4 nitrogen and oxygen atoms in total. The molecule has 0 atom stereocenters. The molecule has 1 aromatic heterocycles. The molecule has 0 aliphatic carbocycles. The summed E-state index contributed by atoms with van der Waals surface area (Å²) in [6, 6.07) is 5.22. The first-order valence-electron chi connectivity index (χ1n) is 6.01. The second kappa shape index (κ2) is 5.15. The molecule has 6 heteroatoms. The summed E-state index contributed by atoms with van der Waals surface area (Å²) in [4.78, 5) is 0.279. The molecule has 0 fully saturated rings. The Balaban J connectivity index is 2.95. The van der Waals surface area contributed by atoms with Crippen LogP contribution < -0.4 is 0 Å². The SMILES string of the molecule is CCn1c(CCO)c(S(C)(=O)=O)c2cc(Cl)ccc21. The molecular formula is C13H16ClNO3S. The lowest BCUT2D eigenvalue weighted by molar-refractivity contribution is 0.295. The highest BCUT2D eigenvalue weighted by Crippen LogP contribution is 2.32. The molecule has 19 heavy (non-hydrogen) atoms. The number of hydrogen-bond donors (Lipinski definition) is 1. The first-order chi connectivity index (χ1) is 8.90. The third kappa shape index (κ3) is 2.50. The Morgan fingerprint density at radius 2 is 2.05 bits per heavy atom. The van der Waals surface area contributed by atoms with E-state index in [-0.39, 0.29) is 11.5 Å². The van der Waals surface area contributed by atoms with Crippen LogP contribution in [0.3, 0.4) is 0 Å². The number of hydrogen-bond acceptors (Lipinski definition) is 3. The Kier molecular flexibility index (Phi) is 3.90. The lowest BCUT2D eigenvalue weighted by Crippen LogP contribution is -2.08. The third-order valence-corrected chi connectivity index (χ3v) is 4.55. The van der Waals surface area contributed by atoms with Gasteiger partial charge >= 0.3 is 0 Å². The van der Waals surface area contributed by atoms with Crippen LogP contribution in [0.2, 0.25) is 5.02 Å². The molecule has 0 spiro atoms. The van der Waals surface area contributed by atoms with Crippen molar-refractivity contribution in [2.45, 2.75) is 24.8 Å². The van der Waals surface area contributed by atoms with Crippen molar-refractivity contribution in [1.82, 2.24) is 4.57 Å². The normalized spacial score (nSPS) is 12.2. The molecule has 0 bridgehead atoms. The molecule has 0 amide bonds. The minimum Gasteiger partial charge on any atom is -0.396 e. The van der Waals surface area contributed by atoms with Crippen molar-refractivity contribution in [3.63, 3.8) is 0 Å². The van der Waals surface area contributed by atoms with Crippen LogP contribution in [-0.2, 0) is 22.8 Å². The van der Waals surface area contributed by atoms with Gasteiger partial charge in [-0.15, -0.1) is 0 Å². The molecule has 0 unspecified atom stereocenters. The highest BCUT2D eigenvalue weighted by atomic mass is 35.5. The van der Waals surface area contributed by atoms with E-state index in [1.165, 1.54) is 6.26 Å². The maximum absolute atomic E-state index is 12.0. The van der Waals surface area contributed by atoms with Gasteiger partial charge < -0.3 is 9.67 Å². The largest absolute Gasteiger partial charge is 0.396 e. The van der Waals surface area contributed by atoms with Gasteiger partial charge in [0.25, 0.3) is 0 Å². The standard InChI is InChI=1S/C13H16ClNO3S/c1-3-15-11-5-4-9(14)8-10(11)13(19(2,17)18)12(15)6-7-16/h4-5,8,16H,3,6-7H2,1-2H3. The molecule has 0 saturated heterocycles. The zero-order valence-electron chi connectivity index (χ0n) is 10.9. The lowest BCUT2D eigenvalue weighted by atomic mass is 10.2. The molecule has 1 aromatic carbocycles. The number of nitrogens with zero attached hydrogens (tertiary/aromatic N) is 1. The van der Waals surface area contributed by atoms with Crippen molar-refractivity contribution < 1.29 is 13.5 Å². The summed E-state index contributed by atoms with van der Waals surface area (Å²) < 4.78 is 26.0. The van der Waals surface area contributed by atoms with Crippen LogP contribution in [0.5, 0.6) is 0 Å². The quantitative estimate of drug-likeness (QED) is 0.942. The molecule has 1 N–H and O–H groups in total. The van der Waals surface area contributed by atoms with Crippen molar-refractivity contribution in [3.8, 4) is 0 Å². The second-order valence-corrected chi connectivity index (χ2v) is 6.82. The van der Waals surface area contributed by atoms with Crippen LogP contribution in [0.25, 0.3) is 10.9 Å². The van der Waals surface area contributed by atoms with Crippen molar-refractivity contribution in [2.24, 2.45) is 0 Å². The smallest absolute Gasteiger partial charge is 0.177 e. The molecule has 0 aliphatic heterocycles. The van der Waals surface area contributed by atoms with Crippen LogP contribution in [0.1, 0.15) is 12.6 Å². The van der Waals surface area contributed by atoms with Gasteiger partial charge in [0.1, 0.15) is 0 Å². The van der Waals surface area contributed by atoms with E-state index < -0.39 is 9.84 Å². The molecule has 1 heterocycles. The van der Waals surface area contributed by atoms with Gasteiger partial charge in [0.15, 0.2) is 9.84 Å². The van der Waals surface area contributed by atoms with Gasteiger partial charge in [0.2, 0.25) is 0 Å². The average Bonchev–Trinajstić information content (AvgIpc) is 2.61. The van der Waals surface area contributed by atoms with E-state index >= 15 is 0 Å². The van der Waals surface area contributed by atoms with Crippen LogP contribution in [0.4, 0.5) is 0 Å². The van der Waals surface area contributed by atoms with E-state index in [1.54, 1.807) is 12.1 Å². The van der Waals surface area contributed by atoms with Gasteiger partial charge in [-0.1, -0.05) is 11.6 Å². The molecular weight excluding hydrogens is 286 g/mol. The fourth-order valence-corrected chi connectivity index (χ4v) is 3.85. The molecule has 2 rings (SSSR count). The molecule has 2 aromatic rings. The van der Waals surface area contributed by atoms with Crippen molar-refractivity contribution in [3.05, 3.63) is 28.9 Å². The predicted octanol–water partition coefficient (Wildman–Crippen LogP) is 2.25. The molecule has 0 saturated carbocycles. The van der Waals surface area contributed by atoms with Gasteiger partial charge in [-0.05, 0) is 25.1 Å². The monoisotopic (exact) mass is 301 g/mol. The van der Waals surface area contributed by atoms with E-state index in [1.807, 2.05) is 17.6 Å².